The maximum absolute atomic E-state index is 13.3. The van der Waals surface area contributed by atoms with Crippen molar-refractivity contribution >= 4 is 22.6 Å². The number of hydrogen-bond donors (Lipinski definition) is 0. The van der Waals surface area contributed by atoms with E-state index in [1.165, 1.54) is 4.74 Å². The molecule has 0 fully saturated rings. The van der Waals surface area contributed by atoms with E-state index in [1.54, 1.807) is 4.74 Å². The molecule has 0 aromatic heterocycles. The van der Waals surface area contributed by atoms with Crippen molar-refractivity contribution in [2.75, 3.05) is 0 Å². The van der Waals surface area contributed by atoms with Crippen molar-refractivity contribution < 1.29 is 92.9 Å². The van der Waals surface area contributed by atoms with E-state index >= 15 is 0 Å². The van der Waals surface area contributed by atoms with Gasteiger partial charge < -0.3 is 4.74 Å². The molecule has 32 heavy (non-hydrogen) atoms. The quantitative estimate of drug-likeness (QED) is 0.107. The molecule has 0 amide bonds. The lowest BCUT2D eigenvalue weighted by molar-refractivity contribution is -0.504. The van der Waals surface area contributed by atoms with E-state index in [-0.39, 0.29) is 0 Å². The molecule has 0 saturated heterocycles. The Hall–Kier alpha value is -1.10. The lowest BCUT2D eigenvalue weighted by Gasteiger charge is -2.40. The van der Waals surface area contributed by atoms with Crippen LogP contribution in [-0.2, 0) is 9.47 Å². The summed E-state index contributed by atoms with van der Waals surface area (Å²) in [5, 5.41) is 0. The Bertz CT molecular complexity index is 718. The summed E-state index contributed by atoms with van der Waals surface area (Å²) >= 11 is -0.795. The zero-order valence-corrected chi connectivity index (χ0v) is 15.5. The Kier molecular flexibility index (Phi) is 8.00. The zero-order chi connectivity index (χ0) is 26.6. The molecule has 0 aliphatic heterocycles. The first-order valence-electron chi connectivity index (χ1n) is 6.35. The topological polar surface area (TPSA) is 18.5 Å². The summed E-state index contributed by atoms with van der Waals surface area (Å²) in [6.07, 6.45) is -26.5. The van der Waals surface area contributed by atoms with Crippen LogP contribution in [0.3, 0.4) is 0 Å². The highest BCUT2D eigenvalue weighted by molar-refractivity contribution is 14.1. The molecule has 0 aromatic rings. The third-order valence-electron chi connectivity index (χ3n) is 2.87. The van der Waals surface area contributed by atoms with Crippen molar-refractivity contribution in [3.05, 3.63) is 12.1 Å². The fourth-order valence-electron chi connectivity index (χ4n) is 1.26. The van der Waals surface area contributed by atoms with Crippen LogP contribution in [0.1, 0.15) is 0 Å². The summed E-state index contributed by atoms with van der Waals surface area (Å²) in [6, 6.07) is -4.14. The predicted molar refractivity (Wildman–Crippen MR) is 66.1 cm³/mol. The van der Waals surface area contributed by atoms with Crippen LogP contribution in [0.5, 0.6) is 0 Å². The smallest absolute Gasteiger partial charge is 0.397 e. The second-order valence-corrected chi connectivity index (χ2v) is 6.44. The van der Waals surface area contributed by atoms with Gasteiger partial charge in [0.1, 0.15) is 0 Å². The molecule has 2 nitrogen and oxygen atoms in total. The molecule has 0 atom stereocenters. The van der Waals surface area contributed by atoms with Gasteiger partial charge in [0.2, 0.25) is 0 Å². The van der Waals surface area contributed by atoms with Gasteiger partial charge in [0.05, 0.1) is 0 Å². The normalized spacial score (nSPS) is 15.6. The molecule has 0 spiro atoms. The largest absolute Gasteiger partial charge is 0.472 e. The average Bonchev–Trinajstić information content (AvgIpc) is 2.51. The zero-order valence-electron chi connectivity index (χ0n) is 13.4. The summed E-state index contributed by atoms with van der Waals surface area (Å²) in [4.78, 5) is 0. The molecular weight excluding hydrogens is 640 g/mol. The standard InChI is InChI=1S/C10F19IO2/c11-1(12)2(13)31-8(24,25)5(18,19)3(14,15)4(16,17)6(20,21)9(26,27)32-10(28,29)7(22,23)30. The van der Waals surface area contributed by atoms with Crippen molar-refractivity contribution in [1.29, 1.82) is 0 Å². The predicted octanol–water partition coefficient (Wildman–Crippen LogP) is 7.40. The first kappa shape index (κ1) is 30.9. The van der Waals surface area contributed by atoms with Crippen molar-refractivity contribution in [1.82, 2.24) is 0 Å². The molecule has 0 N–H and O–H groups in total. The number of alkyl halides is 17. The third-order valence-corrected chi connectivity index (χ3v) is 3.49. The lowest BCUT2D eigenvalue weighted by atomic mass is 9.97. The van der Waals surface area contributed by atoms with Gasteiger partial charge in [-0.2, -0.15) is 83.4 Å². The van der Waals surface area contributed by atoms with Gasteiger partial charge in [-0.25, -0.2) is 4.74 Å². The molecule has 0 saturated carbocycles. The minimum absolute atomic E-state index is 0.795. The Balaban J connectivity index is 6.52. The summed E-state index contributed by atoms with van der Waals surface area (Å²) in [5.41, 5.74) is 0. The maximum atomic E-state index is 13.3. The second-order valence-electron chi connectivity index (χ2n) is 5.08. The van der Waals surface area contributed by atoms with Crippen LogP contribution in [0.25, 0.3) is 0 Å². The van der Waals surface area contributed by atoms with Gasteiger partial charge >= 0.3 is 58.0 Å². The molecule has 192 valence electrons. The van der Waals surface area contributed by atoms with Gasteiger partial charge in [0.25, 0.3) is 0 Å². The number of rotatable bonds is 10. The van der Waals surface area contributed by atoms with Crippen LogP contribution in [0.2, 0.25) is 0 Å². The Morgan fingerprint density at radius 2 is 0.781 bits per heavy atom. The van der Waals surface area contributed by atoms with E-state index in [9.17, 15) is 83.4 Å². The highest BCUT2D eigenvalue weighted by atomic mass is 127. The number of halogens is 20. The van der Waals surface area contributed by atoms with Gasteiger partial charge in [-0.05, 0) is 0 Å². The monoisotopic (exact) mass is 640 g/mol. The molecule has 0 aliphatic carbocycles. The van der Waals surface area contributed by atoms with Gasteiger partial charge in [0.15, 0.2) is 0 Å². The van der Waals surface area contributed by atoms with Crippen LogP contribution in [0.15, 0.2) is 12.1 Å². The first-order valence-corrected chi connectivity index (χ1v) is 7.42. The van der Waals surface area contributed by atoms with E-state index in [0.717, 1.165) is 0 Å². The third kappa shape index (κ3) is 4.88. The molecule has 0 bridgehead atoms. The minimum Gasteiger partial charge on any atom is -0.397 e. The molecule has 0 unspecified atom stereocenters. The molecule has 0 aromatic carbocycles. The summed E-state index contributed by atoms with van der Waals surface area (Å²) < 4.78 is 240. The van der Waals surface area contributed by atoms with Crippen LogP contribution in [0, 0.1) is 0 Å². The van der Waals surface area contributed by atoms with E-state index in [4.69, 9.17) is 0 Å². The van der Waals surface area contributed by atoms with Gasteiger partial charge in [0, 0.05) is 22.6 Å². The van der Waals surface area contributed by atoms with Gasteiger partial charge in [-0.15, -0.1) is 0 Å². The Morgan fingerprint density at radius 3 is 1.06 bits per heavy atom. The Morgan fingerprint density at radius 1 is 0.469 bits per heavy atom. The van der Waals surface area contributed by atoms with Crippen LogP contribution >= 0.6 is 22.6 Å². The van der Waals surface area contributed by atoms with E-state index in [0.29, 0.717) is 0 Å². The molecule has 0 radical (unpaired) electrons. The molecule has 0 heterocycles. The number of hydrogen-bond acceptors (Lipinski definition) is 2. The van der Waals surface area contributed by atoms with Crippen molar-refractivity contribution in [3.8, 4) is 0 Å². The summed E-state index contributed by atoms with van der Waals surface area (Å²) in [7, 11) is 0. The molecule has 22 heteroatoms. The van der Waals surface area contributed by atoms with Crippen molar-refractivity contribution in [3.63, 3.8) is 0 Å². The summed E-state index contributed by atoms with van der Waals surface area (Å²) in [6.45, 7) is 0. The fraction of sp³-hybridized carbons (Fsp3) is 0.800. The van der Waals surface area contributed by atoms with Gasteiger partial charge in [-0.1, -0.05) is 0 Å². The fourth-order valence-corrected chi connectivity index (χ4v) is 1.37. The molecule has 0 rings (SSSR count). The average molecular weight is 640 g/mol. The van der Waals surface area contributed by atoms with Crippen LogP contribution in [-0.4, -0.2) is 45.9 Å². The van der Waals surface area contributed by atoms with Crippen molar-refractivity contribution in [2.24, 2.45) is 0 Å². The van der Waals surface area contributed by atoms with E-state index < -0.39 is 80.6 Å². The van der Waals surface area contributed by atoms with E-state index in [2.05, 4.69) is 0 Å². The SMILES string of the molecule is FC(F)=C(F)OC(F)(F)C(F)(F)C(F)(F)C(F)(F)C(F)(F)C(F)(F)OC(F)(F)C(F)(F)I. The summed E-state index contributed by atoms with van der Waals surface area (Å²) in [5.74, 6) is -33.9. The molecular formula is C10F19IO2. The molecule has 0 aliphatic rings. The highest BCUT2D eigenvalue weighted by Gasteiger charge is 2.92. The lowest BCUT2D eigenvalue weighted by Crippen LogP contribution is -2.71. The minimum atomic E-state index is -8.62. The maximum Gasteiger partial charge on any atom is 0.472 e. The first-order chi connectivity index (χ1) is 13.5. The van der Waals surface area contributed by atoms with Crippen LogP contribution < -0.4 is 0 Å². The van der Waals surface area contributed by atoms with Gasteiger partial charge in [-0.3, -0.25) is 0 Å². The van der Waals surface area contributed by atoms with Crippen molar-refractivity contribution in [2.45, 2.75) is 45.9 Å². The number of ether oxygens (including phenoxy) is 2. The second kappa shape index (κ2) is 8.29. The van der Waals surface area contributed by atoms with Crippen LogP contribution in [0.4, 0.5) is 83.4 Å². The Labute approximate surface area is 174 Å². The highest BCUT2D eigenvalue weighted by Crippen LogP contribution is 2.61. The van der Waals surface area contributed by atoms with E-state index in [1.807, 2.05) is 0 Å².